The third kappa shape index (κ3) is 3.84. The van der Waals surface area contributed by atoms with E-state index in [-0.39, 0.29) is 0 Å². The Bertz CT molecular complexity index is 594. The SMILES string of the molecule is CN(C)CCCCC1(c2ccc(-c3ccccc3)cc2)CCC1. The molecule has 2 aromatic rings. The number of rotatable bonds is 7. The summed E-state index contributed by atoms with van der Waals surface area (Å²) in [5, 5.41) is 0. The maximum atomic E-state index is 2.38. The second kappa shape index (κ2) is 7.31. The Balaban J connectivity index is 1.67. The molecule has 1 nitrogen and oxygen atoms in total. The fourth-order valence-corrected chi connectivity index (χ4v) is 3.82. The van der Waals surface area contributed by atoms with Gasteiger partial charge in [0.15, 0.2) is 0 Å². The Morgan fingerprint density at radius 2 is 1.48 bits per heavy atom. The molecule has 0 bridgehead atoms. The van der Waals surface area contributed by atoms with Crippen LogP contribution in [0.3, 0.4) is 0 Å². The molecule has 1 aliphatic rings. The van der Waals surface area contributed by atoms with Gasteiger partial charge >= 0.3 is 0 Å². The van der Waals surface area contributed by atoms with Gasteiger partial charge in [-0.05, 0) is 68.4 Å². The van der Waals surface area contributed by atoms with Crippen LogP contribution in [0, 0.1) is 0 Å². The fourth-order valence-electron chi connectivity index (χ4n) is 3.82. The smallest absolute Gasteiger partial charge is 0.00248 e. The molecule has 0 aliphatic heterocycles. The second-order valence-electron chi connectivity index (χ2n) is 7.34. The van der Waals surface area contributed by atoms with Gasteiger partial charge in [-0.25, -0.2) is 0 Å². The number of nitrogens with zero attached hydrogens (tertiary/aromatic N) is 1. The van der Waals surface area contributed by atoms with Crippen LogP contribution in [-0.4, -0.2) is 25.5 Å². The van der Waals surface area contributed by atoms with E-state index in [1.807, 2.05) is 0 Å². The lowest BCUT2D eigenvalue weighted by Gasteiger charge is -2.43. The third-order valence-corrected chi connectivity index (χ3v) is 5.43. The zero-order chi connectivity index (χ0) is 16.1. The lowest BCUT2D eigenvalue weighted by Crippen LogP contribution is -2.34. The molecule has 0 radical (unpaired) electrons. The lowest BCUT2D eigenvalue weighted by atomic mass is 9.62. The van der Waals surface area contributed by atoms with E-state index >= 15 is 0 Å². The van der Waals surface area contributed by atoms with Crippen LogP contribution in [0.4, 0.5) is 0 Å². The third-order valence-electron chi connectivity index (χ3n) is 5.43. The predicted octanol–water partition coefficient (Wildman–Crippen LogP) is 5.51. The van der Waals surface area contributed by atoms with Crippen molar-refractivity contribution in [1.29, 1.82) is 0 Å². The first kappa shape index (κ1) is 16.3. The molecule has 1 heteroatoms. The van der Waals surface area contributed by atoms with Crippen molar-refractivity contribution in [2.75, 3.05) is 20.6 Å². The average Bonchev–Trinajstić information content (AvgIpc) is 2.54. The first-order chi connectivity index (χ1) is 11.2. The maximum Gasteiger partial charge on any atom is -0.00248 e. The summed E-state index contributed by atoms with van der Waals surface area (Å²) >= 11 is 0. The molecule has 0 aromatic heterocycles. The molecule has 2 aromatic carbocycles. The van der Waals surface area contributed by atoms with Crippen molar-refractivity contribution in [2.24, 2.45) is 0 Å². The van der Waals surface area contributed by atoms with Gasteiger partial charge in [-0.15, -0.1) is 0 Å². The van der Waals surface area contributed by atoms with Crippen molar-refractivity contribution >= 4 is 0 Å². The summed E-state index contributed by atoms with van der Waals surface area (Å²) in [6.07, 6.45) is 8.16. The predicted molar refractivity (Wildman–Crippen MR) is 99.8 cm³/mol. The van der Waals surface area contributed by atoms with Gasteiger partial charge in [0.2, 0.25) is 0 Å². The largest absolute Gasteiger partial charge is 0.309 e. The van der Waals surface area contributed by atoms with Crippen molar-refractivity contribution in [3.63, 3.8) is 0 Å². The molecule has 23 heavy (non-hydrogen) atoms. The molecule has 1 saturated carbocycles. The molecule has 1 aliphatic carbocycles. The topological polar surface area (TPSA) is 3.24 Å². The van der Waals surface area contributed by atoms with Gasteiger partial charge < -0.3 is 4.90 Å². The van der Waals surface area contributed by atoms with E-state index in [2.05, 4.69) is 73.6 Å². The van der Waals surface area contributed by atoms with E-state index < -0.39 is 0 Å². The monoisotopic (exact) mass is 307 g/mol. The minimum atomic E-state index is 0.474. The highest BCUT2D eigenvalue weighted by molar-refractivity contribution is 5.63. The molecular formula is C22H29N. The van der Waals surface area contributed by atoms with E-state index in [0.717, 1.165) is 0 Å². The van der Waals surface area contributed by atoms with Gasteiger partial charge in [-0.2, -0.15) is 0 Å². The van der Waals surface area contributed by atoms with Crippen LogP contribution in [-0.2, 0) is 5.41 Å². The quantitative estimate of drug-likeness (QED) is 0.610. The summed E-state index contributed by atoms with van der Waals surface area (Å²) in [6, 6.07) is 20.1. The Morgan fingerprint density at radius 1 is 0.826 bits per heavy atom. The van der Waals surface area contributed by atoms with E-state index in [1.54, 1.807) is 5.56 Å². The summed E-state index contributed by atoms with van der Waals surface area (Å²) in [4.78, 5) is 2.29. The lowest BCUT2D eigenvalue weighted by molar-refractivity contribution is 0.216. The highest BCUT2D eigenvalue weighted by atomic mass is 15.0. The second-order valence-corrected chi connectivity index (χ2v) is 7.34. The molecule has 0 N–H and O–H groups in total. The van der Waals surface area contributed by atoms with Crippen LogP contribution in [0.25, 0.3) is 11.1 Å². The zero-order valence-corrected chi connectivity index (χ0v) is 14.6. The van der Waals surface area contributed by atoms with Gasteiger partial charge in [0.05, 0.1) is 0 Å². The summed E-state index contributed by atoms with van der Waals surface area (Å²) in [5.74, 6) is 0. The van der Waals surface area contributed by atoms with Crippen LogP contribution in [0.15, 0.2) is 54.6 Å². The first-order valence-electron chi connectivity index (χ1n) is 9.00. The molecule has 1 fully saturated rings. The zero-order valence-electron chi connectivity index (χ0n) is 14.6. The van der Waals surface area contributed by atoms with Crippen LogP contribution in [0.1, 0.15) is 44.1 Å². The van der Waals surface area contributed by atoms with Crippen LogP contribution in [0.5, 0.6) is 0 Å². The van der Waals surface area contributed by atoms with Gasteiger partial charge in [-0.1, -0.05) is 67.4 Å². The van der Waals surface area contributed by atoms with Crippen molar-refractivity contribution < 1.29 is 0 Å². The molecule has 0 saturated heterocycles. The van der Waals surface area contributed by atoms with E-state index in [4.69, 9.17) is 0 Å². The first-order valence-corrected chi connectivity index (χ1v) is 9.00. The van der Waals surface area contributed by atoms with Gasteiger partial charge in [-0.3, -0.25) is 0 Å². The van der Waals surface area contributed by atoms with Crippen molar-refractivity contribution in [3.8, 4) is 11.1 Å². The van der Waals surface area contributed by atoms with Crippen LogP contribution in [0.2, 0.25) is 0 Å². The molecule has 122 valence electrons. The van der Waals surface area contributed by atoms with E-state index in [9.17, 15) is 0 Å². The molecule has 0 unspecified atom stereocenters. The minimum Gasteiger partial charge on any atom is -0.309 e. The van der Waals surface area contributed by atoms with Gasteiger partial charge in [0.25, 0.3) is 0 Å². The van der Waals surface area contributed by atoms with E-state index in [1.165, 1.54) is 56.2 Å². The fraction of sp³-hybridized carbons (Fsp3) is 0.455. The Hall–Kier alpha value is -1.60. The standard InChI is InChI=1S/C22H29N/c1-23(2)18-7-6-15-22(16-8-17-22)21-13-11-20(12-14-21)19-9-4-3-5-10-19/h3-5,9-14H,6-8,15-18H2,1-2H3. The average molecular weight is 307 g/mol. The maximum absolute atomic E-state index is 2.38. The van der Waals surface area contributed by atoms with Gasteiger partial charge in [0.1, 0.15) is 0 Å². The minimum absolute atomic E-state index is 0.474. The highest BCUT2D eigenvalue weighted by Gasteiger charge is 2.37. The van der Waals surface area contributed by atoms with Crippen molar-refractivity contribution in [1.82, 2.24) is 4.90 Å². The molecule has 0 heterocycles. The van der Waals surface area contributed by atoms with Crippen molar-refractivity contribution in [2.45, 2.75) is 43.9 Å². The Morgan fingerprint density at radius 3 is 2.04 bits per heavy atom. The molecule has 0 amide bonds. The number of hydrogen-bond acceptors (Lipinski definition) is 1. The molecule has 3 rings (SSSR count). The molecule has 0 atom stereocenters. The highest BCUT2D eigenvalue weighted by Crippen LogP contribution is 2.47. The summed E-state index contributed by atoms with van der Waals surface area (Å²) < 4.78 is 0. The summed E-state index contributed by atoms with van der Waals surface area (Å²) in [5.41, 5.74) is 4.68. The van der Waals surface area contributed by atoms with E-state index in [0.29, 0.717) is 5.41 Å². The molecular weight excluding hydrogens is 278 g/mol. The number of unbranched alkanes of at least 4 members (excludes halogenated alkanes) is 1. The van der Waals surface area contributed by atoms with Crippen LogP contribution >= 0.6 is 0 Å². The Kier molecular flexibility index (Phi) is 5.17. The van der Waals surface area contributed by atoms with Crippen LogP contribution < -0.4 is 0 Å². The Labute approximate surface area is 141 Å². The summed E-state index contributed by atoms with van der Waals surface area (Å²) in [7, 11) is 4.34. The normalized spacial score (nSPS) is 16.3. The molecule has 0 spiro atoms. The number of hydrogen-bond donors (Lipinski definition) is 0. The van der Waals surface area contributed by atoms with Gasteiger partial charge in [0, 0.05) is 0 Å². The summed E-state index contributed by atoms with van der Waals surface area (Å²) in [6.45, 7) is 1.21. The number of benzene rings is 2. The van der Waals surface area contributed by atoms with Crippen molar-refractivity contribution in [3.05, 3.63) is 60.2 Å².